The average molecular weight is 728 g/mol. The SMILES string of the molecule is c1ccc(N(c2cccc(N(c3ccccc3)c3ccc4c5ccccc5n(-c5ccccc5)c4c3)c2)c2ccc3c(ccc4c5ccccc5ccc34)c2)cc1. The van der Waals surface area contributed by atoms with Crippen LogP contribution in [0.1, 0.15) is 0 Å². The summed E-state index contributed by atoms with van der Waals surface area (Å²) in [4.78, 5) is 4.74. The molecule has 0 saturated carbocycles. The van der Waals surface area contributed by atoms with Crippen LogP contribution in [0.3, 0.4) is 0 Å². The van der Waals surface area contributed by atoms with Crippen molar-refractivity contribution in [2.45, 2.75) is 0 Å². The van der Waals surface area contributed by atoms with Gasteiger partial charge in [-0.2, -0.15) is 0 Å². The van der Waals surface area contributed by atoms with Crippen LogP contribution < -0.4 is 9.80 Å². The lowest BCUT2D eigenvalue weighted by Crippen LogP contribution is -2.13. The summed E-state index contributed by atoms with van der Waals surface area (Å²) in [5.74, 6) is 0. The molecule has 57 heavy (non-hydrogen) atoms. The number of fused-ring (bicyclic) bond motifs is 8. The van der Waals surface area contributed by atoms with Crippen LogP contribution >= 0.6 is 0 Å². The highest BCUT2D eigenvalue weighted by atomic mass is 15.2. The number of benzene rings is 10. The zero-order valence-corrected chi connectivity index (χ0v) is 31.2. The summed E-state index contributed by atoms with van der Waals surface area (Å²) in [5, 5.41) is 10.0. The van der Waals surface area contributed by atoms with E-state index >= 15 is 0 Å². The van der Waals surface area contributed by atoms with Crippen molar-refractivity contribution in [1.29, 1.82) is 0 Å². The summed E-state index contributed by atoms with van der Waals surface area (Å²) >= 11 is 0. The third-order valence-electron chi connectivity index (χ3n) is 11.3. The summed E-state index contributed by atoms with van der Waals surface area (Å²) < 4.78 is 2.39. The van der Waals surface area contributed by atoms with E-state index in [9.17, 15) is 0 Å². The summed E-state index contributed by atoms with van der Waals surface area (Å²) in [6.45, 7) is 0. The van der Waals surface area contributed by atoms with Crippen LogP contribution in [-0.2, 0) is 0 Å². The molecule has 0 saturated heterocycles. The number of aromatic nitrogens is 1. The quantitative estimate of drug-likeness (QED) is 0.151. The standard InChI is InChI=1S/C54H37N3/c1-4-16-40(17-5-1)55(45-29-33-48-39(35-45)28-32-49-47-24-11-10-15-38(47)27-31-50(48)49)43-22-14-23-44(36-43)56(41-18-6-2-7-19-41)46-30-34-52-51-25-12-13-26-53(51)57(54(52)37-46)42-20-8-3-9-21-42/h1-37H. The molecular weight excluding hydrogens is 691 g/mol. The van der Waals surface area contributed by atoms with Gasteiger partial charge in [0, 0.05) is 50.6 Å². The zero-order chi connectivity index (χ0) is 37.7. The van der Waals surface area contributed by atoms with Crippen molar-refractivity contribution in [2.24, 2.45) is 0 Å². The van der Waals surface area contributed by atoms with Crippen molar-refractivity contribution >= 4 is 88.2 Å². The van der Waals surface area contributed by atoms with E-state index in [1.54, 1.807) is 0 Å². The van der Waals surface area contributed by atoms with E-state index in [4.69, 9.17) is 0 Å². The first-order valence-electron chi connectivity index (χ1n) is 19.5. The van der Waals surface area contributed by atoms with Crippen molar-refractivity contribution in [2.75, 3.05) is 9.80 Å². The van der Waals surface area contributed by atoms with Crippen LogP contribution in [0.15, 0.2) is 224 Å². The minimum Gasteiger partial charge on any atom is -0.310 e. The van der Waals surface area contributed by atoms with Gasteiger partial charge in [0.25, 0.3) is 0 Å². The molecule has 268 valence electrons. The van der Waals surface area contributed by atoms with Crippen molar-refractivity contribution in [3.8, 4) is 5.69 Å². The normalized spacial score (nSPS) is 11.5. The molecule has 3 heteroatoms. The van der Waals surface area contributed by atoms with Gasteiger partial charge in [-0.05, 0) is 117 Å². The van der Waals surface area contributed by atoms with E-state index < -0.39 is 0 Å². The molecule has 0 atom stereocenters. The van der Waals surface area contributed by atoms with E-state index in [-0.39, 0.29) is 0 Å². The van der Waals surface area contributed by atoms with E-state index in [0.29, 0.717) is 0 Å². The molecule has 0 aliphatic rings. The largest absolute Gasteiger partial charge is 0.310 e. The van der Waals surface area contributed by atoms with Gasteiger partial charge < -0.3 is 14.4 Å². The molecule has 0 amide bonds. The first-order chi connectivity index (χ1) is 28.3. The second-order valence-corrected chi connectivity index (χ2v) is 14.6. The van der Waals surface area contributed by atoms with Gasteiger partial charge in [-0.25, -0.2) is 0 Å². The van der Waals surface area contributed by atoms with Crippen molar-refractivity contribution in [1.82, 2.24) is 4.57 Å². The van der Waals surface area contributed by atoms with Crippen LogP contribution in [0, 0.1) is 0 Å². The molecule has 0 radical (unpaired) electrons. The Balaban J connectivity index is 1.08. The fourth-order valence-electron chi connectivity index (χ4n) is 8.73. The number of hydrogen-bond acceptors (Lipinski definition) is 2. The molecule has 11 aromatic rings. The highest BCUT2D eigenvalue weighted by Gasteiger charge is 2.20. The van der Waals surface area contributed by atoms with Gasteiger partial charge in [-0.15, -0.1) is 0 Å². The zero-order valence-electron chi connectivity index (χ0n) is 31.2. The van der Waals surface area contributed by atoms with Crippen molar-refractivity contribution in [3.05, 3.63) is 224 Å². The highest BCUT2D eigenvalue weighted by Crippen LogP contribution is 2.43. The summed E-state index contributed by atoms with van der Waals surface area (Å²) in [5.41, 5.74) is 10.0. The minimum atomic E-state index is 1.07. The van der Waals surface area contributed by atoms with Crippen LogP contribution in [0.4, 0.5) is 34.1 Å². The van der Waals surface area contributed by atoms with E-state index in [2.05, 4.69) is 239 Å². The van der Waals surface area contributed by atoms with E-state index in [1.807, 2.05) is 0 Å². The lowest BCUT2D eigenvalue weighted by molar-refractivity contribution is 1.18. The predicted octanol–water partition coefficient (Wildman–Crippen LogP) is 15.2. The fourth-order valence-corrected chi connectivity index (χ4v) is 8.73. The van der Waals surface area contributed by atoms with Crippen molar-refractivity contribution < 1.29 is 0 Å². The Morgan fingerprint density at radius 3 is 1.39 bits per heavy atom. The molecule has 1 heterocycles. The van der Waals surface area contributed by atoms with E-state index in [0.717, 1.165) is 39.8 Å². The summed E-state index contributed by atoms with van der Waals surface area (Å²) in [6, 6.07) is 81.2. The predicted molar refractivity (Wildman–Crippen MR) is 243 cm³/mol. The number of para-hydroxylation sites is 4. The molecular formula is C54H37N3. The summed E-state index contributed by atoms with van der Waals surface area (Å²) in [6.07, 6.45) is 0. The first kappa shape index (κ1) is 32.8. The second-order valence-electron chi connectivity index (χ2n) is 14.6. The van der Waals surface area contributed by atoms with Gasteiger partial charge in [0.05, 0.1) is 11.0 Å². The molecule has 0 aliphatic carbocycles. The molecule has 0 fully saturated rings. The molecule has 0 spiro atoms. The molecule has 0 N–H and O–H groups in total. The third kappa shape index (κ3) is 5.60. The Morgan fingerprint density at radius 2 is 0.702 bits per heavy atom. The Bertz CT molecular complexity index is 3240. The second kappa shape index (κ2) is 13.6. The van der Waals surface area contributed by atoms with Crippen molar-refractivity contribution in [3.63, 3.8) is 0 Å². The maximum atomic E-state index is 2.39. The first-order valence-corrected chi connectivity index (χ1v) is 19.5. The Kier molecular flexibility index (Phi) is 7.82. The van der Waals surface area contributed by atoms with E-state index in [1.165, 1.54) is 54.1 Å². The van der Waals surface area contributed by atoms with Gasteiger partial charge in [0.15, 0.2) is 0 Å². The highest BCUT2D eigenvalue weighted by molar-refractivity contribution is 6.17. The van der Waals surface area contributed by atoms with Crippen LogP contribution in [-0.4, -0.2) is 4.57 Å². The van der Waals surface area contributed by atoms with Crippen LogP contribution in [0.5, 0.6) is 0 Å². The minimum absolute atomic E-state index is 1.07. The molecule has 11 rings (SSSR count). The maximum absolute atomic E-state index is 2.39. The topological polar surface area (TPSA) is 11.4 Å². The molecule has 0 bridgehead atoms. The maximum Gasteiger partial charge on any atom is 0.0561 e. The Labute approximate surface area is 331 Å². The number of nitrogens with zero attached hydrogens (tertiary/aromatic N) is 3. The molecule has 1 aromatic heterocycles. The molecule has 0 unspecified atom stereocenters. The number of anilines is 6. The van der Waals surface area contributed by atoms with Crippen LogP contribution in [0.25, 0.3) is 59.8 Å². The average Bonchev–Trinajstić information content (AvgIpc) is 3.61. The number of rotatable bonds is 7. The third-order valence-corrected chi connectivity index (χ3v) is 11.3. The van der Waals surface area contributed by atoms with Gasteiger partial charge in [0.1, 0.15) is 0 Å². The summed E-state index contributed by atoms with van der Waals surface area (Å²) in [7, 11) is 0. The Hall–Kier alpha value is -7.62. The fraction of sp³-hybridized carbons (Fsp3) is 0. The lowest BCUT2D eigenvalue weighted by Gasteiger charge is -2.29. The number of hydrogen-bond donors (Lipinski definition) is 0. The molecule has 0 aliphatic heterocycles. The van der Waals surface area contributed by atoms with Crippen LogP contribution in [0.2, 0.25) is 0 Å². The van der Waals surface area contributed by atoms with Gasteiger partial charge in [-0.1, -0.05) is 140 Å². The molecule has 10 aromatic carbocycles. The van der Waals surface area contributed by atoms with Gasteiger partial charge in [0.2, 0.25) is 0 Å². The van der Waals surface area contributed by atoms with Gasteiger partial charge in [-0.3, -0.25) is 0 Å². The monoisotopic (exact) mass is 727 g/mol. The molecule has 3 nitrogen and oxygen atoms in total. The van der Waals surface area contributed by atoms with Gasteiger partial charge >= 0.3 is 0 Å². The smallest absolute Gasteiger partial charge is 0.0561 e. The lowest BCUT2D eigenvalue weighted by atomic mass is 9.96. The Morgan fingerprint density at radius 1 is 0.246 bits per heavy atom.